The van der Waals surface area contributed by atoms with Gasteiger partial charge in [0.25, 0.3) is 0 Å². The second-order valence-corrected chi connectivity index (χ2v) is 4.71. The summed E-state index contributed by atoms with van der Waals surface area (Å²) in [7, 11) is 0. The average molecular weight is 288 g/mol. The summed E-state index contributed by atoms with van der Waals surface area (Å²) in [4.78, 5) is 8.82. The van der Waals surface area contributed by atoms with Crippen LogP contribution >= 0.6 is 0 Å². The fourth-order valence-electron chi connectivity index (χ4n) is 2.19. The smallest absolute Gasteiger partial charge is 0.247 e. The molecule has 0 unspecified atom stereocenters. The molecule has 0 aliphatic heterocycles. The Morgan fingerprint density at radius 3 is 2.55 bits per heavy atom. The molecular weight excluding hydrogens is 276 g/mol. The second kappa shape index (κ2) is 5.29. The molecule has 3 heterocycles. The van der Waals surface area contributed by atoms with Crippen molar-refractivity contribution in [2.75, 3.05) is 0 Å². The molecule has 22 heavy (non-hydrogen) atoms. The maximum absolute atomic E-state index is 5.91. The summed E-state index contributed by atoms with van der Waals surface area (Å²) in [5, 5.41) is 4.47. The summed E-state index contributed by atoms with van der Waals surface area (Å²) in [6.07, 6.45) is 3.58. The van der Waals surface area contributed by atoms with E-state index in [0.717, 1.165) is 11.3 Å². The van der Waals surface area contributed by atoms with Gasteiger partial charge in [0.2, 0.25) is 11.7 Å². The van der Waals surface area contributed by atoms with Crippen molar-refractivity contribution in [1.82, 2.24) is 19.6 Å². The molecule has 4 aromatic rings. The molecule has 5 heteroatoms. The number of pyridine rings is 1. The van der Waals surface area contributed by atoms with Crippen molar-refractivity contribution >= 4 is 5.52 Å². The molecule has 3 aromatic heterocycles. The van der Waals surface area contributed by atoms with Gasteiger partial charge in [0.05, 0.1) is 0 Å². The molecule has 0 fully saturated rings. The molecule has 1 aromatic carbocycles. The van der Waals surface area contributed by atoms with E-state index >= 15 is 0 Å². The Labute approximate surface area is 126 Å². The van der Waals surface area contributed by atoms with Crippen molar-refractivity contribution in [1.29, 1.82) is 0 Å². The standard InChI is InChI=1S/C17H12N4O/c1-2-7-13(8-3-1)22-17-15-10-6-12-21(15)20-16(19-17)14-9-4-5-11-18-14/h1-12H. The van der Waals surface area contributed by atoms with E-state index in [1.165, 1.54) is 0 Å². The van der Waals surface area contributed by atoms with Crippen LogP contribution in [0.15, 0.2) is 73.1 Å². The van der Waals surface area contributed by atoms with Crippen molar-refractivity contribution in [3.8, 4) is 23.1 Å². The zero-order valence-corrected chi connectivity index (χ0v) is 11.6. The van der Waals surface area contributed by atoms with Gasteiger partial charge in [-0.05, 0) is 36.4 Å². The van der Waals surface area contributed by atoms with Gasteiger partial charge in [-0.2, -0.15) is 4.98 Å². The van der Waals surface area contributed by atoms with Crippen LogP contribution in [-0.4, -0.2) is 19.6 Å². The minimum Gasteiger partial charge on any atom is -0.437 e. The van der Waals surface area contributed by atoms with E-state index in [4.69, 9.17) is 4.74 Å². The van der Waals surface area contributed by atoms with E-state index < -0.39 is 0 Å². The van der Waals surface area contributed by atoms with Crippen LogP contribution in [0.4, 0.5) is 0 Å². The van der Waals surface area contributed by atoms with Gasteiger partial charge in [-0.3, -0.25) is 4.98 Å². The Kier molecular flexibility index (Phi) is 3.01. The van der Waals surface area contributed by atoms with Gasteiger partial charge in [-0.1, -0.05) is 24.3 Å². The van der Waals surface area contributed by atoms with Gasteiger partial charge in [0, 0.05) is 12.4 Å². The number of hydrogen-bond acceptors (Lipinski definition) is 4. The molecule has 5 nitrogen and oxygen atoms in total. The van der Waals surface area contributed by atoms with Crippen molar-refractivity contribution in [3.63, 3.8) is 0 Å². The summed E-state index contributed by atoms with van der Waals surface area (Å²) in [5.74, 6) is 1.76. The number of fused-ring (bicyclic) bond motifs is 1. The Hall–Kier alpha value is -3.21. The topological polar surface area (TPSA) is 52.3 Å². The fraction of sp³-hybridized carbons (Fsp3) is 0. The summed E-state index contributed by atoms with van der Waals surface area (Å²) >= 11 is 0. The third kappa shape index (κ3) is 2.29. The predicted molar refractivity (Wildman–Crippen MR) is 82.7 cm³/mol. The van der Waals surface area contributed by atoms with Crippen molar-refractivity contribution < 1.29 is 4.74 Å². The molecule has 0 radical (unpaired) electrons. The third-order valence-corrected chi connectivity index (χ3v) is 3.21. The predicted octanol–water partition coefficient (Wildman–Crippen LogP) is 3.58. The van der Waals surface area contributed by atoms with Crippen LogP contribution in [-0.2, 0) is 0 Å². The van der Waals surface area contributed by atoms with Crippen LogP contribution in [0.3, 0.4) is 0 Å². The average Bonchev–Trinajstić information content (AvgIpc) is 3.05. The van der Waals surface area contributed by atoms with Crippen LogP contribution in [0.25, 0.3) is 17.0 Å². The quantitative estimate of drug-likeness (QED) is 0.578. The van der Waals surface area contributed by atoms with Crippen molar-refractivity contribution in [3.05, 3.63) is 73.1 Å². The number of rotatable bonds is 3. The number of ether oxygens (including phenoxy) is 1. The Morgan fingerprint density at radius 1 is 0.864 bits per heavy atom. The number of hydrogen-bond donors (Lipinski definition) is 0. The number of benzene rings is 1. The summed E-state index contributed by atoms with van der Waals surface area (Å²) < 4.78 is 7.66. The molecule has 0 aliphatic carbocycles. The van der Waals surface area contributed by atoms with E-state index in [-0.39, 0.29) is 0 Å². The molecule has 0 saturated heterocycles. The lowest BCUT2D eigenvalue weighted by Crippen LogP contribution is -2.01. The van der Waals surface area contributed by atoms with E-state index in [2.05, 4.69) is 15.1 Å². The molecule has 0 N–H and O–H groups in total. The Bertz CT molecular complexity index is 904. The molecule has 0 atom stereocenters. The summed E-state index contributed by atoms with van der Waals surface area (Å²) in [5.41, 5.74) is 1.51. The zero-order chi connectivity index (χ0) is 14.8. The minimum atomic E-state index is 0.506. The van der Waals surface area contributed by atoms with Crippen molar-refractivity contribution in [2.24, 2.45) is 0 Å². The third-order valence-electron chi connectivity index (χ3n) is 3.21. The first kappa shape index (κ1) is 12.5. The molecule has 4 rings (SSSR count). The van der Waals surface area contributed by atoms with Gasteiger partial charge in [0.15, 0.2) is 0 Å². The van der Waals surface area contributed by atoms with E-state index in [1.807, 2.05) is 66.9 Å². The highest BCUT2D eigenvalue weighted by molar-refractivity contribution is 5.60. The Morgan fingerprint density at radius 2 is 1.73 bits per heavy atom. The minimum absolute atomic E-state index is 0.506. The molecule has 0 saturated carbocycles. The Balaban J connectivity index is 1.84. The summed E-state index contributed by atoms with van der Waals surface area (Å²) in [6, 6.07) is 19.0. The number of para-hydroxylation sites is 1. The van der Waals surface area contributed by atoms with E-state index in [1.54, 1.807) is 10.7 Å². The van der Waals surface area contributed by atoms with E-state index in [9.17, 15) is 0 Å². The van der Waals surface area contributed by atoms with E-state index in [0.29, 0.717) is 17.4 Å². The van der Waals surface area contributed by atoms with Gasteiger partial charge in [0.1, 0.15) is 17.0 Å². The molecule has 0 bridgehead atoms. The van der Waals surface area contributed by atoms with Crippen LogP contribution in [0, 0.1) is 0 Å². The second-order valence-electron chi connectivity index (χ2n) is 4.71. The highest BCUT2D eigenvalue weighted by atomic mass is 16.5. The van der Waals surface area contributed by atoms with Crippen LogP contribution in [0.2, 0.25) is 0 Å². The van der Waals surface area contributed by atoms with Crippen molar-refractivity contribution in [2.45, 2.75) is 0 Å². The molecular formula is C17H12N4O. The first-order valence-corrected chi connectivity index (χ1v) is 6.90. The van der Waals surface area contributed by atoms with Gasteiger partial charge in [-0.25, -0.2) is 4.52 Å². The monoisotopic (exact) mass is 288 g/mol. The normalized spacial score (nSPS) is 10.7. The first-order chi connectivity index (χ1) is 10.9. The molecule has 0 spiro atoms. The molecule has 0 aliphatic rings. The van der Waals surface area contributed by atoms with Gasteiger partial charge < -0.3 is 4.74 Å². The fourth-order valence-corrected chi connectivity index (χ4v) is 2.19. The van der Waals surface area contributed by atoms with Crippen LogP contribution < -0.4 is 4.74 Å². The summed E-state index contributed by atoms with van der Waals surface area (Å²) in [6.45, 7) is 0. The maximum atomic E-state index is 5.91. The van der Waals surface area contributed by atoms with Crippen LogP contribution in [0.5, 0.6) is 11.6 Å². The SMILES string of the molecule is c1ccc(Oc2nc(-c3ccccn3)nn3cccc23)cc1. The maximum Gasteiger partial charge on any atom is 0.247 e. The zero-order valence-electron chi connectivity index (χ0n) is 11.6. The lowest BCUT2D eigenvalue weighted by Gasteiger charge is -2.08. The van der Waals surface area contributed by atoms with Gasteiger partial charge in [-0.15, -0.1) is 5.10 Å². The lowest BCUT2D eigenvalue weighted by molar-refractivity contribution is 0.464. The largest absolute Gasteiger partial charge is 0.437 e. The lowest BCUT2D eigenvalue weighted by atomic mass is 10.3. The van der Waals surface area contributed by atoms with Crippen LogP contribution in [0.1, 0.15) is 0 Å². The first-order valence-electron chi connectivity index (χ1n) is 6.90. The molecule has 106 valence electrons. The number of nitrogens with zero attached hydrogens (tertiary/aromatic N) is 4. The highest BCUT2D eigenvalue weighted by Gasteiger charge is 2.11. The molecule has 0 amide bonds. The van der Waals surface area contributed by atoms with Gasteiger partial charge >= 0.3 is 0 Å². The number of aromatic nitrogens is 4. The highest BCUT2D eigenvalue weighted by Crippen LogP contribution is 2.26.